The van der Waals surface area contributed by atoms with Crippen LogP contribution in [0, 0.1) is 5.41 Å². The third-order valence-electron chi connectivity index (χ3n) is 4.10. The standard InChI is InChI=1S/C19H30N2O4/c1-6-7-11-20-17(22)19(2,3)18(23)21-12-10-14-8-9-15(24-4)16(13-14)25-5/h8-9,13H,6-7,10-12H2,1-5H3,(H,20,22)(H,21,23). The summed E-state index contributed by atoms with van der Waals surface area (Å²) in [6.07, 6.45) is 2.54. The maximum absolute atomic E-state index is 12.3. The fourth-order valence-corrected chi connectivity index (χ4v) is 2.28. The Bertz CT molecular complexity index is 585. The minimum Gasteiger partial charge on any atom is -0.493 e. The fraction of sp³-hybridized carbons (Fsp3) is 0.579. The van der Waals surface area contributed by atoms with Crippen molar-refractivity contribution in [2.75, 3.05) is 27.3 Å². The number of benzene rings is 1. The molecule has 0 fully saturated rings. The second-order valence-corrected chi connectivity index (χ2v) is 6.43. The van der Waals surface area contributed by atoms with Crippen LogP contribution in [0.2, 0.25) is 0 Å². The van der Waals surface area contributed by atoms with Crippen molar-refractivity contribution in [2.45, 2.75) is 40.0 Å². The summed E-state index contributed by atoms with van der Waals surface area (Å²) in [5.74, 6) is 0.800. The van der Waals surface area contributed by atoms with Gasteiger partial charge in [-0.2, -0.15) is 0 Å². The minimum atomic E-state index is -1.09. The van der Waals surface area contributed by atoms with Crippen LogP contribution < -0.4 is 20.1 Å². The Labute approximate surface area is 150 Å². The van der Waals surface area contributed by atoms with Gasteiger partial charge < -0.3 is 20.1 Å². The van der Waals surface area contributed by atoms with Crippen LogP contribution in [0.15, 0.2) is 18.2 Å². The third-order valence-corrected chi connectivity index (χ3v) is 4.10. The SMILES string of the molecule is CCCCNC(=O)C(C)(C)C(=O)NCCc1ccc(OC)c(OC)c1. The molecule has 0 heterocycles. The first-order chi connectivity index (χ1) is 11.9. The molecule has 0 aliphatic carbocycles. The zero-order chi connectivity index (χ0) is 18.9. The Kier molecular flexibility index (Phi) is 8.25. The Hall–Kier alpha value is -2.24. The van der Waals surface area contributed by atoms with E-state index in [1.54, 1.807) is 28.1 Å². The smallest absolute Gasteiger partial charge is 0.235 e. The van der Waals surface area contributed by atoms with E-state index >= 15 is 0 Å². The van der Waals surface area contributed by atoms with Crippen LogP contribution in [0.1, 0.15) is 39.2 Å². The van der Waals surface area contributed by atoms with Gasteiger partial charge in [0, 0.05) is 13.1 Å². The number of carbonyl (C=O) groups excluding carboxylic acids is 2. The second kappa shape index (κ2) is 9.91. The summed E-state index contributed by atoms with van der Waals surface area (Å²) in [5.41, 5.74) is -0.0751. The van der Waals surface area contributed by atoms with Crippen molar-refractivity contribution < 1.29 is 19.1 Å². The van der Waals surface area contributed by atoms with Gasteiger partial charge in [-0.3, -0.25) is 9.59 Å². The lowest BCUT2D eigenvalue weighted by atomic mass is 9.91. The van der Waals surface area contributed by atoms with Gasteiger partial charge in [0.25, 0.3) is 0 Å². The average molecular weight is 350 g/mol. The predicted molar refractivity (Wildman–Crippen MR) is 98.0 cm³/mol. The topological polar surface area (TPSA) is 76.7 Å². The van der Waals surface area contributed by atoms with E-state index in [4.69, 9.17) is 9.47 Å². The molecular formula is C19H30N2O4. The second-order valence-electron chi connectivity index (χ2n) is 6.43. The van der Waals surface area contributed by atoms with Crippen molar-refractivity contribution in [3.05, 3.63) is 23.8 Å². The first-order valence-corrected chi connectivity index (χ1v) is 8.64. The number of ether oxygens (including phenoxy) is 2. The van der Waals surface area contributed by atoms with Crippen molar-refractivity contribution in [2.24, 2.45) is 5.41 Å². The maximum Gasteiger partial charge on any atom is 0.235 e. The summed E-state index contributed by atoms with van der Waals surface area (Å²) in [7, 11) is 3.18. The molecular weight excluding hydrogens is 320 g/mol. The monoisotopic (exact) mass is 350 g/mol. The highest BCUT2D eigenvalue weighted by Crippen LogP contribution is 2.27. The molecule has 0 aliphatic heterocycles. The quantitative estimate of drug-likeness (QED) is 0.501. The van der Waals surface area contributed by atoms with E-state index in [0.717, 1.165) is 18.4 Å². The van der Waals surface area contributed by atoms with Crippen LogP contribution in [0.5, 0.6) is 11.5 Å². The number of methoxy groups -OCH3 is 2. The van der Waals surface area contributed by atoms with Crippen LogP contribution in [-0.4, -0.2) is 39.1 Å². The molecule has 2 amide bonds. The molecule has 0 radical (unpaired) electrons. The summed E-state index contributed by atoms with van der Waals surface area (Å²) in [5, 5.41) is 5.65. The Morgan fingerprint density at radius 3 is 2.16 bits per heavy atom. The van der Waals surface area contributed by atoms with Crippen LogP contribution in [0.4, 0.5) is 0 Å². The van der Waals surface area contributed by atoms with Crippen molar-refractivity contribution in [3.8, 4) is 11.5 Å². The fourth-order valence-electron chi connectivity index (χ4n) is 2.28. The lowest BCUT2D eigenvalue weighted by Gasteiger charge is -2.22. The maximum atomic E-state index is 12.3. The average Bonchev–Trinajstić information content (AvgIpc) is 2.61. The molecule has 25 heavy (non-hydrogen) atoms. The molecule has 0 aliphatic rings. The molecule has 2 N–H and O–H groups in total. The number of carbonyl (C=O) groups is 2. The van der Waals surface area contributed by atoms with E-state index < -0.39 is 5.41 Å². The number of unbranched alkanes of at least 4 members (excludes halogenated alkanes) is 1. The first-order valence-electron chi connectivity index (χ1n) is 8.64. The van der Waals surface area contributed by atoms with Crippen molar-refractivity contribution in [3.63, 3.8) is 0 Å². The number of hydrogen-bond acceptors (Lipinski definition) is 4. The van der Waals surface area contributed by atoms with Crippen LogP contribution in [0.3, 0.4) is 0 Å². The van der Waals surface area contributed by atoms with E-state index in [1.165, 1.54) is 0 Å². The van der Waals surface area contributed by atoms with Gasteiger partial charge in [-0.25, -0.2) is 0 Å². The summed E-state index contributed by atoms with van der Waals surface area (Å²) < 4.78 is 10.5. The molecule has 0 atom stereocenters. The zero-order valence-corrected chi connectivity index (χ0v) is 15.9. The van der Waals surface area contributed by atoms with Gasteiger partial charge in [0.2, 0.25) is 11.8 Å². The molecule has 0 aromatic heterocycles. The van der Waals surface area contributed by atoms with Crippen molar-refractivity contribution in [1.82, 2.24) is 10.6 Å². The first kappa shape index (κ1) is 20.8. The normalized spacial score (nSPS) is 10.9. The lowest BCUT2D eigenvalue weighted by molar-refractivity contribution is -0.141. The molecule has 1 aromatic carbocycles. The number of amides is 2. The molecule has 6 nitrogen and oxygen atoms in total. The van der Waals surface area contributed by atoms with Crippen LogP contribution in [-0.2, 0) is 16.0 Å². The molecule has 1 aromatic rings. The van der Waals surface area contributed by atoms with Gasteiger partial charge in [0.05, 0.1) is 14.2 Å². The van der Waals surface area contributed by atoms with Gasteiger partial charge in [-0.15, -0.1) is 0 Å². The number of nitrogens with one attached hydrogen (secondary N) is 2. The van der Waals surface area contributed by atoms with Gasteiger partial charge >= 0.3 is 0 Å². The summed E-state index contributed by atoms with van der Waals surface area (Å²) in [4.78, 5) is 24.5. The zero-order valence-electron chi connectivity index (χ0n) is 15.9. The van der Waals surface area contributed by atoms with E-state index in [0.29, 0.717) is 31.0 Å². The molecule has 0 saturated carbocycles. The van der Waals surface area contributed by atoms with Crippen molar-refractivity contribution >= 4 is 11.8 Å². The molecule has 0 unspecified atom stereocenters. The molecule has 140 valence electrons. The highest BCUT2D eigenvalue weighted by atomic mass is 16.5. The Morgan fingerprint density at radius 1 is 1.00 bits per heavy atom. The highest BCUT2D eigenvalue weighted by Gasteiger charge is 2.35. The van der Waals surface area contributed by atoms with E-state index in [-0.39, 0.29) is 11.8 Å². The molecule has 1 rings (SSSR count). The summed E-state index contributed by atoms with van der Waals surface area (Å²) >= 11 is 0. The van der Waals surface area contributed by atoms with Crippen LogP contribution in [0.25, 0.3) is 0 Å². The van der Waals surface area contributed by atoms with Gasteiger partial charge in [0.15, 0.2) is 11.5 Å². The number of rotatable bonds is 10. The highest BCUT2D eigenvalue weighted by molar-refractivity contribution is 6.04. The van der Waals surface area contributed by atoms with Gasteiger partial charge in [0.1, 0.15) is 5.41 Å². The minimum absolute atomic E-state index is 0.246. The molecule has 0 saturated heterocycles. The number of hydrogen-bond donors (Lipinski definition) is 2. The largest absolute Gasteiger partial charge is 0.493 e. The van der Waals surface area contributed by atoms with E-state index in [2.05, 4.69) is 17.6 Å². The summed E-state index contributed by atoms with van der Waals surface area (Å²) in [6.45, 7) is 6.37. The van der Waals surface area contributed by atoms with E-state index in [9.17, 15) is 9.59 Å². The van der Waals surface area contributed by atoms with Crippen molar-refractivity contribution in [1.29, 1.82) is 0 Å². The van der Waals surface area contributed by atoms with Crippen LogP contribution >= 0.6 is 0 Å². The molecule has 6 heteroatoms. The molecule has 0 spiro atoms. The lowest BCUT2D eigenvalue weighted by Crippen LogP contribution is -2.48. The Balaban J connectivity index is 2.54. The summed E-state index contributed by atoms with van der Waals surface area (Å²) in [6, 6.07) is 5.64. The Morgan fingerprint density at radius 2 is 1.60 bits per heavy atom. The van der Waals surface area contributed by atoms with Gasteiger partial charge in [-0.05, 0) is 44.4 Å². The van der Waals surface area contributed by atoms with Gasteiger partial charge in [-0.1, -0.05) is 19.4 Å². The molecule has 0 bridgehead atoms. The third kappa shape index (κ3) is 5.96. The predicted octanol–water partition coefficient (Wildman–Crippen LogP) is 2.30. The van der Waals surface area contributed by atoms with E-state index in [1.807, 2.05) is 18.2 Å².